The number of amides is 1. The van der Waals surface area contributed by atoms with Gasteiger partial charge in [0.15, 0.2) is 0 Å². The molecule has 0 fully saturated rings. The van der Waals surface area contributed by atoms with E-state index in [2.05, 4.69) is 20.3 Å². The molecule has 4 rings (SSSR count). The number of carbonyl (C=O) groups excluding carboxylic acids is 1. The number of carbonyl (C=O) groups is 1. The molecule has 1 amide bonds. The zero-order valence-corrected chi connectivity index (χ0v) is 16.9. The molecule has 0 bridgehead atoms. The lowest BCUT2D eigenvalue weighted by molar-refractivity contribution is -0.117. The third-order valence-corrected chi connectivity index (χ3v) is 4.70. The monoisotopic (exact) mass is 422 g/mol. The molecule has 152 valence electrons. The summed E-state index contributed by atoms with van der Waals surface area (Å²) >= 11 is 5.77. The first-order valence-corrected chi connectivity index (χ1v) is 9.57. The van der Waals surface area contributed by atoms with Crippen LogP contribution >= 0.6 is 11.6 Å². The highest BCUT2D eigenvalue weighted by molar-refractivity contribution is 6.30. The number of fused-ring (bicyclic) bond motifs is 1. The maximum absolute atomic E-state index is 11.2. The summed E-state index contributed by atoms with van der Waals surface area (Å²) in [6, 6.07) is 13.5. The fraction of sp³-hybridized carbons (Fsp3) is 0.143. The second kappa shape index (κ2) is 8.38. The van der Waals surface area contributed by atoms with Crippen molar-refractivity contribution in [3.8, 4) is 11.8 Å². The number of nitrogens with zero attached hydrogens (tertiary/aromatic N) is 4. The lowest BCUT2D eigenvalue weighted by atomic mass is 10.1. The zero-order valence-electron chi connectivity index (χ0n) is 16.2. The highest BCUT2D eigenvalue weighted by Gasteiger charge is 2.09. The van der Waals surface area contributed by atoms with Crippen LogP contribution in [0.15, 0.2) is 54.9 Å². The second-order valence-corrected chi connectivity index (χ2v) is 7.18. The van der Waals surface area contributed by atoms with Crippen LogP contribution in [0.1, 0.15) is 11.1 Å². The number of benzene rings is 2. The van der Waals surface area contributed by atoms with Crippen LogP contribution in [-0.2, 0) is 24.8 Å². The third kappa shape index (κ3) is 4.49. The summed E-state index contributed by atoms with van der Waals surface area (Å²) in [7, 11) is 1.93. The van der Waals surface area contributed by atoms with Crippen molar-refractivity contribution in [2.24, 2.45) is 12.8 Å². The Hall–Kier alpha value is -3.65. The summed E-state index contributed by atoms with van der Waals surface area (Å²) in [5.41, 5.74) is 8.99. The molecule has 0 aliphatic rings. The van der Waals surface area contributed by atoms with Gasteiger partial charge in [-0.1, -0.05) is 29.8 Å². The third-order valence-electron chi connectivity index (χ3n) is 4.50. The summed E-state index contributed by atoms with van der Waals surface area (Å²) < 4.78 is 7.55. The number of hydrogen-bond acceptors (Lipinski definition) is 6. The fourth-order valence-electron chi connectivity index (χ4n) is 3.02. The van der Waals surface area contributed by atoms with Crippen LogP contribution in [0.5, 0.6) is 11.8 Å². The van der Waals surface area contributed by atoms with Gasteiger partial charge in [-0.15, -0.1) is 0 Å². The van der Waals surface area contributed by atoms with Gasteiger partial charge < -0.3 is 20.4 Å². The number of nitrogens with one attached hydrogen (secondary N) is 1. The molecule has 0 spiro atoms. The highest BCUT2D eigenvalue weighted by atomic mass is 35.5. The number of hydrogen-bond donors (Lipinski definition) is 2. The Bertz CT molecular complexity index is 1190. The maximum Gasteiger partial charge on any atom is 0.321 e. The molecule has 2 aromatic heterocycles. The zero-order chi connectivity index (χ0) is 21.1. The number of ether oxygens (including phenoxy) is 1. The van der Waals surface area contributed by atoms with Gasteiger partial charge in [-0.2, -0.15) is 0 Å². The van der Waals surface area contributed by atoms with Crippen molar-refractivity contribution in [2.45, 2.75) is 13.0 Å². The van der Waals surface area contributed by atoms with Crippen molar-refractivity contribution in [3.05, 3.63) is 71.0 Å². The molecule has 0 unspecified atom stereocenters. The molecule has 0 aliphatic heterocycles. The topological polar surface area (TPSA) is 108 Å². The average Bonchev–Trinajstić information content (AvgIpc) is 3.04. The molecule has 0 saturated heterocycles. The minimum atomic E-state index is -0.357. The Balaban J connectivity index is 1.42. The Kier molecular flexibility index (Phi) is 5.49. The molecule has 0 radical (unpaired) electrons. The SMILES string of the molecule is Cn1c(NCc2ccc(Oc3ncc(Cl)cn3)cc2)nc2ccc(CC(N)=O)cc21. The Morgan fingerprint density at radius 1 is 1.13 bits per heavy atom. The van der Waals surface area contributed by atoms with E-state index >= 15 is 0 Å². The van der Waals surface area contributed by atoms with Crippen molar-refractivity contribution < 1.29 is 9.53 Å². The molecule has 9 heteroatoms. The Morgan fingerprint density at radius 2 is 1.83 bits per heavy atom. The lowest BCUT2D eigenvalue weighted by Gasteiger charge is -2.08. The molecule has 0 aliphatic carbocycles. The van der Waals surface area contributed by atoms with Crippen LogP contribution in [0.2, 0.25) is 5.02 Å². The Morgan fingerprint density at radius 3 is 2.53 bits per heavy atom. The quantitative estimate of drug-likeness (QED) is 0.472. The van der Waals surface area contributed by atoms with Crippen LogP contribution in [0.4, 0.5) is 5.95 Å². The van der Waals surface area contributed by atoms with E-state index in [1.165, 1.54) is 12.4 Å². The van der Waals surface area contributed by atoms with Crippen molar-refractivity contribution >= 4 is 34.5 Å². The minimum absolute atomic E-state index is 0.208. The van der Waals surface area contributed by atoms with E-state index in [1.807, 2.05) is 54.1 Å². The first-order chi connectivity index (χ1) is 14.5. The smallest absolute Gasteiger partial charge is 0.321 e. The van der Waals surface area contributed by atoms with E-state index in [-0.39, 0.29) is 18.3 Å². The van der Waals surface area contributed by atoms with Crippen molar-refractivity contribution in [1.82, 2.24) is 19.5 Å². The number of anilines is 1. The van der Waals surface area contributed by atoms with E-state index in [0.717, 1.165) is 28.1 Å². The van der Waals surface area contributed by atoms with Crippen LogP contribution in [0.3, 0.4) is 0 Å². The first-order valence-electron chi connectivity index (χ1n) is 9.20. The first kappa shape index (κ1) is 19.7. The van der Waals surface area contributed by atoms with E-state index in [0.29, 0.717) is 17.3 Å². The standard InChI is InChI=1S/C21H19ClN6O2/c1-28-18-8-14(9-19(23)29)4-7-17(18)27-20(28)24-10-13-2-5-16(6-3-13)30-21-25-11-15(22)12-26-21/h2-8,11-12H,9-10H2,1H3,(H2,23,29)(H,24,27). The number of aromatic nitrogens is 4. The lowest BCUT2D eigenvalue weighted by Crippen LogP contribution is -2.13. The van der Waals surface area contributed by atoms with Gasteiger partial charge in [-0.3, -0.25) is 4.79 Å². The van der Waals surface area contributed by atoms with E-state index in [1.54, 1.807) is 0 Å². The summed E-state index contributed by atoms with van der Waals surface area (Å²) in [5, 5.41) is 3.79. The van der Waals surface area contributed by atoms with Gasteiger partial charge in [0.25, 0.3) is 0 Å². The molecule has 8 nitrogen and oxygen atoms in total. The van der Waals surface area contributed by atoms with E-state index in [4.69, 9.17) is 22.1 Å². The van der Waals surface area contributed by atoms with Gasteiger partial charge in [0.2, 0.25) is 11.9 Å². The highest BCUT2D eigenvalue weighted by Crippen LogP contribution is 2.22. The Labute approximate surface area is 177 Å². The van der Waals surface area contributed by atoms with Crippen molar-refractivity contribution in [2.75, 3.05) is 5.32 Å². The molecular formula is C21H19ClN6O2. The van der Waals surface area contributed by atoms with Crippen molar-refractivity contribution in [3.63, 3.8) is 0 Å². The molecule has 2 heterocycles. The summed E-state index contributed by atoms with van der Waals surface area (Å²) in [6.07, 6.45) is 3.17. The van der Waals surface area contributed by atoms with Crippen molar-refractivity contribution in [1.29, 1.82) is 0 Å². The van der Waals surface area contributed by atoms with Crippen LogP contribution in [0.25, 0.3) is 11.0 Å². The average molecular weight is 423 g/mol. The summed E-state index contributed by atoms with van der Waals surface area (Å²) in [4.78, 5) is 23.8. The predicted octanol–water partition coefficient (Wildman–Crippen LogP) is 3.45. The normalized spacial score (nSPS) is 10.9. The molecule has 0 atom stereocenters. The minimum Gasteiger partial charge on any atom is -0.424 e. The number of halogens is 1. The molecule has 0 saturated carbocycles. The predicted molar refractivity (Wildman–Crippen MR) is 114 cm³/mol. The van der Waals surface area contributed by atoms with Gasteiger partial charge in [0.05, 0.1) is 34.9 Å². The largest absolute Gasteiger partial charge is 0.424 e. The van der Waals surface area contributed by atoms with Gasteiger partial charge in [-0.05, 0) is 35.4 Å². The second-order valence-electron chi connectivity index (χ2n) is 6.74. The number of imidazole rings is 1. The van der Waals surface area contributed by atoms with Gasteiger partial charge in [0.1, 0.15) is 5.75 Å². The number of nitrogens with two attached hydrogens (primary N) is 1. The van der Waals surface area contributed by atoms with Crippen LogP contribution in [-0.4, -0.2) is 25.4 Å². The number of rotatable bonds is 7. The number of primary amides is 1. The van der Waals surface area contributed by atoms with Gasteiger partial charge in [0, 0.05) is 13.6 Å². The molecular weight excluding hydrogens is 404 g/mol. The van der Waals surface area contributed by atoms with Crippen LogP contribution < -0.4 is 15.8 Å². The van der Waals surface area contributed by atoms with Gasteiger partial charge in [-0.25, -0.2) is 15.0 Å². The molecule has 3 N–H and O–H groups in total. The van der Waals surface area contributed by atoms with Gasteiger partial charge >= 0.3 is 6.01 Å². The van der Waals surface area contributed by atoms with Crippen LogP contribution in [0, 0.1) is 0 Å². The molecule has 30 heavy (non-hydrogen) atoms. The number of aryl methyl sites for hydroxylation is 1. The summed E-state index contributed by atoms with van der Waals surface area (Å²) in [5.74, 6) is 1.01. The fourth-order valence-corrected chi connectivity index (χ4v) is 3.12. The van der Waals surface area contributed by atoms with E-state index < -0.39 is 0 Å². The summed E-state index contributed by atoms with van der Waals surface area (Å²) in [6.45, 7) is 0.586. The maximum atomic E-state index is 11.2. The molecule has 4 aromatic rings. The van der Waals surface area contributed by atoms with E-state index in [9.17, 15) is 4.79 Å². The molecule has 2 aromatic carbocycles.